The van der Waals surface area contributed by atoms with Gasteiger partial charge in [0.05, 0.1) is 5.69 Å². The van der Waals surface area contributed by atoms with Crippen LogP contribution in [0.1, 0.15) is 20.1 Å². The topological polar surface area (TPSA) is 90.9 Å². The van der Waals surface area contributed by atoms with Gasteiger partial charge in [0.1, 0.15) is 21.5 Å². The average molecular weight is 306 g/mol. The first-order valence-electron chi connectivity index (χ1n) is 5.98. The number of nitrogens with zero attached hydrogens (tertiary/aromatic N) is 1. The van der Waals surface area contributed by atoms with Crippen LogP contribution in [0.2, 0.25) is 0 Å². The Morgan fingerprint density at radius 3 is 2.95 bits per heavy atom. The monoisotopic (exact) mass is 306 g/mol. The fourth-order valence-electron chi connectivity index (χ4n) is 1.72. The van der Waals surface area contributed by atoms with E-state index in [9.17, 15) is 4.79 Å². The minimum Gasteiger partial charge on any atom is -0.396 e. The van der Waals surface area contributed by atoms with Crippen molar-refractivity contribution in [2.24, 2.45) is 0 Å². The number of thiophene rings is 2. The summed E-state index contributed by atoms with van der Waals surface area (Å²) in [4.78, 5) is 13.3. The summed E-state index contributed by atoms with van der Waals surface area (Å²) in [6, 6.07) is 6.13. The standard InChI is InChI=1S/C13H14N4OS2/c1-16-12(18)11-10(15)9(7-14)13(20-11)17-5-4-8-3-2-6-19-8/h2-3,6,17H,4-5,15H2,1H3,(H,16,18). The third-order valence-electron chi connectivity index (χ3n) is 2.73. The van der Waals surface area contributed by atoms with E-state index < -0.39 is 0 Å². The zero-order valence-corrected chi connectivity index (χ0v) is 12.5. The van der Waals surface area contributed by atoms with E-state index >= 15 is 0 Å². The zero-order valence-electron chi connectivity index (χ0n) is 10.9. The highest BCUT2D eigenvalue weighted by atomic mass is 32.1. The second kappa shape index (κ2) is 6.41. The summed E-state index contributed by atoms with van der Waals surface area (Å²) in [5.41, 5.74) is 6.44. The molecule has 4 N–H and O–H groups in total. The quantitative estimate of drug-likeness (QED) is 0.790. The third kappa shape index (κ3) is 2.92. The second-order valence-electron chi connectivity index (χ2n) is 4.00. The van der Waals surface area contributed by atoms with Gasteiger partial charge in [0.2, 0.25) is 0 Å². The van der Waals surface area contributed by atoms with Gasteiger partial charge in [0.25, 0.3) is 5.91 Å². The summed E-state index contributed by atoms with van der Waals surface area (Å²) < 4.78 is 0. The van der Waals surface area contributed by atoms with Crippen molar-refractivity contribution < 1.29 is 4.79 Å². The van der Waals surface area contributed by atoms with Crippen molar-refractivity contribution in [2.75, 3.05) is 24.6 Å². The first kappa shape index (κ1) is 14.4. The van der Waals surface area contributed by atoms with Crippen molar-refractivity contribution >= 4 is 39.3 Å². The van der Waals surface area contributed by atoms with E-state index in [1.54, 1.807) is 11.3 Å². The zero-order chi connectivity index (χ0) is 14.5. The van der Waals surface area contributed by atoms with Crippen molar-refractivity contribution in [3.63, 3.8) is 0 Å². The Kier molecular flexibility index (Phi) is 4.61. The molecule has 0 aliphatic carbocycles. The van der Waals surface area contributed by atoms with Gasteiger partial charge in [-0.15, -0.1) is 22.7 Å². The number of nitrogen functional groups attached to an aromatic ring is 1. The number of hydrogen-bond donors (Lipinski definition) is 3. The fraction of sp³-hybridized carbons (Fsp3) is 0.231. The molecule has 0 aliphatic heterocycles. The minimum atomic E-state index is -0.268. The molecular weight excluding hydrogens is 292 g/mol. The van der Waals surface area contributed by atoms with Crippen LogP contribution in [0.3, 0.4) is 0 Å². The molecule has 20 heavy (non-hydrogen) atoms. The van der Waals surface area contributed by atoms with E-state index in [1.807, 2.05) is 11.4 Å². The van der Waals surface area contributed by atoms with Gasteiger partial charge >= 0.3 is 0 Å². The number of anilines is 2. The highest BCUT2D eigenvalue weighted by molar-refractivity contribution is 7.19. The van der Waals surface area contributed by atoms with E-state index in [0.717, 1.165) is 6.42 Å². The molecule has 0 spiro atoms. The number of nitriles is 1. The lowest BCUT2D eigenvalue weighted by molar-refractivity contribution is 0.0968. The molecule has 5 nitrogen and oxygen atoms in total. The molecule has 0 unspecified atom stereocenters. The number of carbonyl (C=O) groups is 1. The number of nitrogens with one attached hydrogen (secondary N) is 2. The Morgan fingerprint density at radius 1 is 1.55 bits per heavy atom. The predicted molar refractivity (Wildman–Crippen MR) is 83.3 cm³/mol. The SMILES string of the molecule is CNC(=O)c1sc(NCCc2cccs2)c(C#N)c1N. The summed E-state index contributed by atoms with van der Waals surface area (Å²) in [5.74, 6) is -0.268. The normalized spacial score (nSPS) is 10.0. The van der Waals surface area contributed by atoms with Crippen LogP contribution in [0.5, 0.6) is 0 Å². The molecule has 2 rings (SSSR count). The highest BCUT2D eigenvalue weighted by Gasteiger charge is 2.19. The number of amides is 1. The predicted octanol–water partition coefficient (Wildman–Crippen LogP) is 2.28. The Balaban J connectivity index is 2.11. The molecule has 1 amide bonds. The molecule has 0 aliphatic rings. The van der Waals surface area contributed by atoms with E-state index in [0.29, 0.717) is 22.0 Å². The van der Waals surface area contributed by atoms with Gasteiger partial charge in [-0.1, -0.05) is 6.07 Å². The van der Waals surface area contributed by atoms with Crippen LogP contribution in [-0.4, -0.2) is 19.5 Å². The van der Waals surface area contributed by atoms with Crippen LogP contribution in [0.25, 0.3) is 0 Å². The maximum absolute atomic E-state index is 11.7. The molecule has 0 atom stereocenters. The molecule has 0 saturated heterocycles. The van der Waals surface area contributed by atoms with Gasteiger partial charge in [0, 0.05) is 18.5 Å². The van der Waals surface area contributed by atoms with E-state index in [2.05, 4.69) is 22.8 Å². The fourth-order valence-corrected chi connectivity index (χ4v) is 3.47. The Bertz CT molecular complexity index is 640. The number of hydrogen-bond acceptors (Lipinski definition) is 6. The summed E-state index contributed by atoms with van der Waals surface area (Å²) >= 11 is 2.91. The molecule has 0 aromatic carbocycles. The second-order valence-corrected chi connectivity index (χ2v) is 6.05. The van der Waals surface area contributed by atoms with E-state index in [1.165, 1.54) is 23.3 Å². The first-order valence-corrected chi connectivity index (χ1v) is 7.67. The Morgan fingerprint density at radius 2 is 2.35 bits per heavy atom. The van der Waals surface area contributed by atoms with Crippen molar-refractivity contribution in [1.82, 2.24) is 5.32 Å². The molecule has 2 aromatic rings. The van der Waals surface area contributed by atoms with Crippen molar-refractivity contribution in [3.05, 3.63) is 32.8 Å². The highest BCUT2D eigenvalue weighted by Crippen LogP contribution is 2.35. The minimum absolute atomic E-state index is 0.246. The van der Waals surface area contributed by atoms with Gasteiger partial charge < -0.3 is 16.4 Å². The Labute approximate surface area is 125 Å². The van der Waals surface area contributed by atoms with Gasteiger partial charge in [0.15, 0.2) is 0 Å². The lowest BCUT2D eigenvalue weighted by Crippen LogP contribution is -2.17. The van der Waals surface area contributed by atoms with Crippen LogP contribution in [-0.2, 0) is 6.42 Å². The lowest BCUT2D eigenvalue weighted by atomic mass is 10.2. The number of rotatable bonds is 5. The third-order valence-corrected chi connectivity index (χ3v) is 4.83. The van der Waals surface area contributed by atoms with Crippen LogP contribution in [0.15, 0.2) is 17.5 Å². The van der Waals surface area contributed by atoms with Gasteiger partial charge in [-0.25, -0.2) is 0 Å². The summed E-state index contributed by atoms with van der Waals surface area (Å²) in [6.07, 6.45) is 0.871. The van der Waals surface area contributed by atoms with Crippen LogP contribution in [0, 0.1) is 11.3 Å². The number of carbonyl (C=O) groups excluding carboxylic acids is 1. The van der Waals surface area contributed by atoms with E-state index in [4.69, 9.17) is 11.0 Å². The van der Waals surface area contributed by atoms with Crippen LogP contribution < -0.4 is 16.4 Å². The van der Waals surface area contributed by atoms with Gasteiger partial charge in [-0.2, -0.15) is 5.26 Å². The average Bonchev–Trinajstić information content (AvgIpc) is 3.06. The Hall–Kier alpha value is -2.04. The maximum Gasteiger partial charge on any atom is 0.263 e. The molecule has 7 heteroatoms. The summed E-state index contributed by atoms with van der Waals surface area (Å²) in [6.45, 7) is 0.697. The maximum atomic E-state index is 11.7. The van der Waals surface area contributed by atoms with Crippen molar-refractivity contribution in [1.29, 1.82) is 5.26 Å². The molecule has 2 heterocycles. The molecule has 0 radical (unpaired) electrons. The molecule has 0 bridgehead atoms. The largest absolute Gasteiger partial charge is 0.396 e. The van der Waals surface area contributed by atoms with Crippen LogP contribution >= 0.6 is 22.7 Å². The van der Waals surface area contributed by atoms with Crippen molar-refractivity contribution in [3.8, 4) is 6.07 Å². The molecule has 104 valence electrons. The van der Waals surface area contributed by atoms with Gasteiger partial charge in [-0.05, 0) is 17.9 Å². The first-order chi connectivity index (χ1) is 9.67. The molecule has 0 fully saturated rings. The molecular formula is C13H14N4OS2. The molecule has 2 aromatic heterocycles. The number of nitrogens with two attached hydrogens (primary N) is 1. The lowest BCUT2D eigenvalue weighted by Gasteiger charge is -2.02. The smallest absolute Gasteiger partial charge is 0.263 e. The van der Waals surface area contributed by atoms with E-state index in [-0.39, 0.29) is 11.6 Å². The molecule has 0 saturated carbocycles. The summed E-state index contributed by atoms with van der Waals surface area (Å²) in [5, 5.41) is 17.5. The summed E-state index contributed by atoms with van der Waals surface area (Å²) in [7, 11) is 1.54. The van der Waals surface area contributed by atoms with Crippen LogP contribution in [0.4, 0.5) is 10.7 Å². The van der Waals surface area contributed by atoms with Crippen molar-refractivity contribution in [2.45, 2.75) is 6.42 Å². The van der Waals surface area contributed by atoms with Gasteiger partial charge in [-0.3, -0.25) is 4.79 Å².